The Bertz CT molecular complexity index is 1430. The summed E-state index contributed by atoms with van der Waals surface area (Å²) in [5.41, 5.74) is 7.93. The number of hydrogen-bond donors (Lipinski definition) is 2. The Morgan fingerprint density at radius 2 is 2.00 bits per heavy atom. The number of nitrogens with two attached hydrogens (primary N) is 1. The van der Waals surface area contributed by atoms with Crippen LogP contribution in [0.3, 0.4) is 0 Å². The van der Waals surface area contributed by atoms with Gasteiger partial charge < -0.3 is 20.2 Å². The number of pyridine rings is 1. The monoisotopic (exact) mass is 481 g/mol. The number of fused-ring (bicyclic) bond motifs is 2. The zero-order valence-corrected chi connectivity index (χ0v) is 18.8. The van der Waals surface area contributed by atoms with E-state index in [9.17, 15) is 18.0 Å². The summed E-state index contributed by atoms with van der Waals surface area (Å²) < 4.78 is 50.9. The fraction of sp³-hybridized carbons (Fsp3) is 0.231. The maximum atomic E-state index is 13.2. The largest absolute Gasteiger partial charge is 0.494 e. The highest BCUT2D eigenvalue weighted by molar-refractivity contribution is 6.00. The summed E-state index contributed by atoms with van der Waals surface area (Å²) in [4.78, 5) is 17.0. The van der Waals surface area contributed by atoms with Gasteiger partial charge in [-0.3, -0.25) is 4.79 Å². The summed E-state index contributed by atoms with van der Waals surface area (Å²) in [6.45, 7) is -0.0193. The van der Waals surface area contributed by atoms with Crippen molar-refractivity contribution in [2.24, 2.45) is 5.73 Å². The predicted octanol–water partition coefficient (Wildman–Crippen LogP) is 5.40. The van der Waals surface area contributed by atoms with Crippen molar-refractivity contribution in [3.8, 4) is 17.1 Å². The van der Waals surface area contributed by atoms with Gasteiger partial charge >= 0.3 is 6.18 Å². The first-order chi connectivity index (χ1) is 16.8. The Kier molecular flexibility index (Phi) is 5.72. The number of rotatable bonds is 5. The molecule has 35 heavy (non-hydrogen) atoms. The molecule has 180 valence electrons. The number of furan rings is 1. The molecule has 0 fully saturated rings. The van der Waals surface area contributed by atoms with Crippen LogP contribution in [0.1, 0.15) is 45.4 Å². The topological polar surface area (TPSA) is 90.4 Å². The van der Waals surface area contributed by atoms with Gasteiger partial charge in [-0.1, -0.05) is 24.3 Å². The van der Waals surface area contributed by atoms with Crippen LogP contribution in [-0.2, 0) is 19.1 Å². The van der Waals surface area contributed by atoms with Gasteiger partial charge in [0.05, 0.1) is 25.3 Å². The molecule has 3 N–H and O–H groups in total. The van der Waals surface area contributed by atoms with E-state index in [4.69, 9.17) is 14.9 Å². The number of benzene rings is 2. The number of carbonyl (C=O) groups is 1. The molecule has 0 aliphatic heterocycles. The zero-order valence-electron chi connectivity index (χ0n) is 18.8. The van der Waals surface area contributed by atoms with Gasteiger partial charge in [-0.25, -0.2) is 4.98 Å². The number of ether oxygens (including phenoxy) is 1. The first-order valence-corrected chi connectivity index (χ1v) is 11.1. The van der Waals surface area contributed by atoms with Crippen LogP contribution in [0.25, 0.3) is 22.2 Å². The van der Waals surface area contributed by atoms with Crippen molar-refractivity contribution in [1.29, 1.82) is 0 Å². The van der Waals surface area contributed by atoms with Crippen molar-refractivity contribution in [2.45, 2.75) is 31.6 Å². The summed E-state index contributed by atoms with van der Waals surface area (Å²) in [6.07, 6.45) is -2.92. The Hall–Kier alpha value is -3.85. The number of nitrogens with one attached hydrogen (secondary N) is 1. The standard InChI is InChI=1S/C26H22F3N3O3/c1-34-20-10-7-16(17-8-11-23(26(27,28)29)32-24(17)20)21-12-18(22(13-30)35-21)25(33)31-19-9-6-14-4-2-3-5-15(14)19/h2-5,7-8,10-12,19H,6,9,13,30H2,1H3,(H,31,33). The van der Waals surface area contributed by atoms with Crippen LogP contribution in [0.4, 0.5) is 13.2 Å². The van der Waals surface area contributed by atoms with Gasteiger partial charge in [0.15, 0.2) is 0 Å². The predicted molar refractivity (Wildman–Crippen MR) is 124 cm³/mol. The van der Waals surface area contributed by atoms with E-state index in [1.54, 1.807) is 12.1 Å². The molecule has 9 heteroatoms. The molecule has 0 radical (unpaired) electrons. The highest BCUT2D eigenvalue weighted by atomic mass is 19.4. The normalized spacial score (nSPS) is 15.3. The van der Waals surface area contributed by atoms with Crippen LogP contribution in [0.15, 0.2) is 59.0 Å². The van der Waals surface area contributed by atoms with Crippen LogP contribution in [-0.4, -0.2) is 18.0 Å². The fourth-order valence-electron chi connectivity index (χ4n) is 4.58. The molecule has 0 saturated heterocycles. The molecule has 0 bridgehead atoms. The summed E-state index contributed by atoms with van der Waals surface area (Å²) >= 11 is 0. The molecule has 6 nitrogen and oxygen atoms in total. The molecule has 1 amide bonds. The summed E-state index contributed by atoms with van der Waals surface area (Å²) in [5, 5.41) is 3.45. The van der Waals surface area contributed by atoms with Gasteiger partial charge in [0, 0.05) is 10.9 Å². The first-order valence-electron chi connectivity index (χ1n) is 11.1. The number of amides is 1. The van der Waals surface area contributed by atoms with Crippen molar-refractivity contribution in [2.75, 3.05) is 7.11 Å². The number of methoxy groups -OCH3 is 1. The third-order valence-electron chi connectivity index (χ3n) is 6.27. The van der Waals surface area contributed by atoms with Gasteiger partial charge in [0.25, 0.3) is 5.91 Å². The number of aryl methyl sites for hydroxylation is 1. The first kappa shape index (κ1) is 22.9. The molecule has 0 spiro atoms. The van der Waals surface area contributed by atoms with Gasteiger partial charge in [0.2, 0.25) is 0 Å². The van der Waals surface area contributed by atoms with Crippen molar-refractivity contribution in [3.05, 3.63) is 82.7 Å². The molecule has 2 aromatic heterocycles. The van der Waals surface area contributed by atoms with Crippen LogP contribution in [0, 0.1) is 0 Å². The average molecular weight is 481 g/mol. The van der Waals surface area contributed by atoms with Crippen molar-refractivity contribution < 1.29 is 27.1 Å². The Morgan fingerprint density at radius 1 is 1.20 bits per heavy atom. The number of nitrogens with zero attached hydrogens (tertiary/aromatic N) is 1. The lowest BCUT2D eigenvalue weighted by atomic mass is 10.0. The molecule has 1 aliphatic carbocycles. The maximum Gasteiger partial charge on any atom is 0.433 e. The Morgan fingerprint density at radius 3 is 2.74 bits per heavy atom. The molecule has 4 aromatic rings. The average Bonchev–Trinajstić information content (AvgIpc) is 3.47. The summed E-state index contributed by atoms with van der Waals surface area (Å²) in [7, 11) is 1.36. The summed E-state index contributed by atoms with van der Waals surface area (Å²) in [5.74, 6) is 0.458. The van der Waals surface area contributed by atoms with Crippen LogP contribution in [0.2, 0.25) is 0 Å². The molecule has 2 aromatic carbocycles. The van der Waals surface area contributed by atoms with Crippen LogP contribution in [0.5, 0.6) is 5.75 Å². The maximum absolute atomic E-state index is 13.2. The fourth-order valence-corrected chi connectivity index (χ4v) is 4.58. The van der Waals surface area contributed by atoms with Crippen molar-refractivity contribution in [3.63, 3.8) is 0 Å². The minimum Gasteiger partial charge on any atom is -0.494 e. The van der Waals surface area contributed by atoms with Gasteiger partial charge in [-0.15, -0.1) is 0 Å². The quantitative estimate of drug-likeness (QED) is 0.399. The van der Waals surface area contributed by atoms with Crippen LogP contribution >= 0.6 is 0 Å². The van der Waals surface area contributed by atoms with E-state index in [0.29, 0.717) is 16.7 Å². The van der Waals surface area contributed by atoms with E-state index in [1.807, 2.05) is 18.2 Å². The second kappa shape index (κ2) is 8.74. The molecule has 2 heterocycles. The van der Waals surface area contributed by atoms with E-state index in [2.05, 4.69) is 16.4 Å². The molecule has 5 rings (SSSR count). The third-order valence-corrected chi connectivity index (χ3v) is 6.27. The Balaban J connectivity index is 1.53. The SMILES string of the molecule is COc1ccc(-c2cc(C(=O)NC3CCc4ccccc43)c(CN)o2)c2ccc(C(F)(F)F)nc12. The van der Waals surface area contributed by atoms with E-state index < -0.39 is 11.9 Å². The van der Waals surface area contributed by atoms with E-state index in [0.717, 1.165) is 24.5 Å². The van der Waals surface area contributed by atoms with Gasteiger partial charge in [0.1, 0.15) is 28.5 Å². The Labute approximate surface area is 198 Å². The number of halogens is 3. The highest BCUT2D eigenvalue weighted by Gasteiger charge is 2.33. The second-order valence-electron chi connectivity index (χ2n) is 8.32. The lowest BCUT2D eigenvalue weighted by Gasteiger charge is -2.13. The molecule has 1 aliphatic rings. The second-order valence-corrected chi connectivity index (χ2v) is 8.32. The highest BCUT2D eigenvalue weighted by Crippen LogP contribution is 2.38. The third kappa shape index (κ3) is 4.12. The van der Waals surface area contributed by atoms with Crippen molar-refractivity contribution >= 4 is 16.8 Å². The molecular weight excluding hydrogens is 459 g/mol. The van der Waals surface area contributed by atoms with E-state index in [1.165, 1.54) is 24.8 Å². The lowest BCUT2D eigenvalue weighted by Crippen LogP contribution is -2.27. The smallest absolute Gasteiger partial charge is 0.433 e. The van der Waals surface area contributed by atoms with Crippen LogP contribution < -0.4 is 15.8 Å². The molecular formula is C26H22F3N3O3. The number of aromatic nitrogens is 1. The molecule has 1 unspecified atom stereocenters. The van der Waals surface area contributed by atoms with E-state index in [-0.39, 0.29) is 41.1 Å². The number of alkyl halides is 3. The van der Waals surface area contributed by atoms with Crippen molar-refractivity contribution in [1.82, 2.24) is 10.3 Å². The van der Waals surface area contributed by atoms with Gasteiger partial charge in [-0.2, -0.15) is 13.2 Å². The van der Waals surface area contributed by atoms with Gasteiger partial charge in [-0.05, 0) is 54.3 Å². The lowest BCUT2D eigenvalue weighted by molar-refractivity contribution is -0.140. The minimum absolute atomic E-state index is 0.0193. The van der Waals surface area contributed by atoms with E-state index >= 15 is 0 Å². The molecule has 0 saturated carbocycles. The summed E-state index contributed by atoms with van der Waals surface area (Å²) in [6, 6.07) is 14.8. The minimum atomic E-state index is -4.60. The zero-order chi connectivity index (χ0) is 24.7. The number of carbonyl (C=O) groups excluding carboxylic acids is 1. The number of hydrogen-bond acceptors (Lipinski definition) is 5. The molecule has 1 atom stereocenters.